The number of carbonyl (C=O) groups excluding carboxylic acids is 1. The SMILES string of the molecule is [C-]#[N+]C[C@H]1CN(c2nc(OC[C@@H]3CCCN3C)nc3c2CCN(c2cccc4cccc(C)c24)C3)CCC1NC(=O)C=C. The Morgan fingerprint density at radius 1 is 1.16 bits per heavy atom. The number of amides is 1. The van der Waals surface area contributed by atoms with Crippen LogP contribution in [-0.2, 0) is 17.8 Å². The fourth-order valence-electron chi connectivity index (χ4n) is 7.01. The van der Waals surface area contributed by atoms with Gasteiger partial charge in [0.05, 0.1) is 18.2 Å². The van der Waals surface area contributed by atoms with Crippen molar-refractivity contribution in [3.63, 3.8) is 0 Å². The first kappa shape index (κ1) is 28.9. The Labute approximate surface area is 254 Å². The van der Waals surface area contributed by atoms with Crippen LogP contribution in [0, 0.1) is 19.4 Å². The van der Waals surface area contributed by atoms with E-state index in [-0.39, 0.29) is 17.9 Å². The molecule has 9 heteroatoms. The number of carbonyl (C=O) groups is 1. The molecule has 4 heterocycles. The van der Waals surface area contributed by atoms with Crippen LogP contribution in [0.4, 0.5) is 11.5 Å². The molecule has 2 saturated heterocycles. The summed E-state index contributed by atoms with van der Waals surface area (Å²) in [5.74, 6) is 0.720. The molecular weight excluding hydrogens is 538 g/mol. The van der Waals surface area contributed by atoms with E-state index >= 15 is 0 Å². The van der Waals surface area contributed by atoms with Crippen LogP contribution in [0.25, 0.3) is 15.6 Å². The quantitative estimate of drug-likeness (QED) is 0.313. The number of nitrogens with one attached hydrogen (secondary N) is 1. The van der Waals surface area contributed by atoms with Crippen molar-refractivity contribution in [3.8, 4) is 6.01 Å². The van der Waals surface area contributed by atoms with Gasteiger partial charge in [-0.05, 0) is 69.3 Å². The number of aromatic nitrogens is 2. The van der Waals surface area contributed by atoms with Gasteiger partial charge in [-0.1, -0.05) is 36.9 Å². The van der Waals surface area contributed by atoms with Crippen molar-refractivity contribution in [2.75, 3.05) is 56.2 Å². The second kappa shape index (κ2) is 12.6. The first-order valence-corrected chi connectivity index (χ1v) is 15.4. The number of ether oxygens (including phenoxy) is 1. The van der Waals surface area contributed by atoms with Gasteiger partial charge in [0, 0.05) is 48.4 Å². The number of benzene rings is 2. The van der Waals surface area contributed by atoms with Crippen LogP contribution in [0.1, 0.15) is 36.1 Å². The molecule has 2 aromatic carbocycles. The second-order valence-electron chi connectivity index (χ2n) is 12.1. The van der Waals surface area contributed by atoms with Gasteiger partial charge in [-0.3, -0.25) is 4.79 Å². The van der Waals surface area contributed by atoms with Crippen molar-refractivity contribution in [1.29, 1.82) is 0 Å². The molecule has 0 radical (unpaired) electrons. The normalized spacial score (nSPS) is 22.2. The maximum Gasteiger partial charge on any atom is 0.318 e. The third-order valence-corrected chi connectivity index (χ3v) is 9.40. The number of piperidine rings is 1. The molecule has 3 aliphatic heterocycles. The molecule has 1 amide bonds. The van der Waals surface area contributed by atoms with Crippen LogP contribution >= 0.6 is 0 Å². The van der Waals surface area contributed by atoms with Gasteiger partial charge in [0.15, 0.2) is 0 Å². The Hall–Kier alpha value is -4.16. The van der Waals surface area contributed by atoms with Crippen LogP contribution in [0.2, 0.25) is 0 Å². The van der Waals surface area contributed by atoms with E-state index in [4.69, 9.17) is 21.3 Å². The van der Waals surface area contributed by atoms with E-state index in [0.29, 0.717) is 38.3 Å². The van der Waals surface area contributed by atoms with Gasteiger partial charge in [-0.15, -0.1) is 0 Å². The Kier molecular flexibility index (Phi) is 8.48. The number of aryl methyl sites for hydroxylation is 1. The molecule has 1 aromatic heterocycles. The highest BCUT2D eigenvalue weighted by molar-refractivity contribution is 5.97. The molecule has 224 valence electrons. The zero-order valence-corrected chi connectivity index (χ0v) is 25.3. The smallest absolute Gasteiger partial charge is 0.318 e. The lowest BCUT2D eigenvalue weighted by atomic mass is 9.91. The molecule has 0 bridgehead atoms. The number of rotatable bonds is 8. The number of likely N-dealkylation sites (tertiary alicyclic amines) is 1. The van der Waals surface area contributed by atoms with Gasteiger partial charge in [0.25, 0.3) is 0 Å². The van der Waals surface area contributed by atoms with Gasteiger partial charge in [-0.2, -0.15) is 9.97 Å². The average Bonchev–Trinajstić information content (AvgIpc) is 3.44. The number of anilines is 2. The lowest BCUT2D eigenvalue weighted by Crippen LogP contribution is -2.52. The lowest BCUT2D eigenvalue weighted by Gasteiger charge is -2.39. The fourth-order valence-corrected chi connectivity index (χ4v) is 7.01. The predicted molar refractivity (Wildman–Crippen MR) is 171 cm³/mol. The molecule has 0 aliphatic carbocycles. The molecule has 0 spiro atoms. The average molecular weight is 580 g/mol. The van der Waals surface area contributed by atoms with Crippen LogP contribution in [0.5, 0.6) is 6.01 Å². The third-order valence-electron chi connectivity index (χ3n) is 9.40. The molecular formula is C34H41N7O2. The highest BCUT2D eigenvalue weighted by atomic mass is 16.5. The minimum atomic E-state index is -0.191. The molecule has 3 atom stereocenters. The van der Waals surface area contributed by atoms with E-state index in [0.717, 1.165) is 56.0 Å². The van der Waals surface area contributed by atoms with Gasteiger partial charge < -0.3 is 29.6 Å². The van der Waals surface area contributed by atoms with Gasteiger partial charge in [0.2, 0.25) is 12.5 Å². The Morgan fingerprint density at radius 3 is 2.77 bits per heavy atom. The zero-order chi connectivity index (χ0) is 29.9. The number of nitrogens with zero attached hydrogens (tertiary/aromatic N) is 6. The van der Waals surface area contributed by atoms with Crippen LogP contribution in [0.3, 0.4) is 0 Å². The molecule has 6 rings (SSSR count). The molecule has 3 aromatic rings. The van der Waals surface area contributed by atoms with Crippen LogP contribution < -0.4 is 19.9 Å². The molecule has 3 aliphatic rings. The lowest BCUT2D eigenvalue weighted by molar-refractivity contribution is -0.117. The summed E-state index contributed by atoms with van der Waals surface area (Å²) in [6.45, 7) is 18.2. The summed E-state index contributed by atoms with van der Waals surface area (Å²) in [6, 6.07) is 13.7. The molecule has 2 fully saturated rings. The van der Waals surface area contributed by atoms with E-state index in [9.17, 15) is 4.79 Å². The van der Waals surface area contributed by atoms with Crippen molar-refractivity contribution in [2.45, 2.75) is 51.2 Å². The summed E-state index contributed by atoms with van der Waals surface area (Å²) < 4.78 is 6.33. The highest BCUT2D eigenvalue weighted by Crippen LogP contribution is 2.36. The van der Waals surface area contributed by atoms with E-state index in [1.165, 1.54) is 34.5 Å². The summed E-state index contributed by atoms with van der Waals surface area (Å²) in [4.78, 5) is 32.9. The number of likely N-dealkylation sites (N-methyl/N-ethyl adjacent to an activating group) is 1. The number of hydrogen-bond acceptors (Lipinski definition) is 7. The third kappa shape index (κ3) is 6.02. The summed E-state index contributed by atoms with van der Waals surface area (Å²) in [5.41, 5.74) is 4.66. The Bertz CT molecular complexity index is 1540. The summed E-state index contributed by atoms with van der Waals surface area (Å²) >= 11 is 0. The minimum Gasteiger partial charge on any atom is -0.462 e. The molecule has 0 saturated carbocycles. The first-order valence-electron chi connectivity index (χ1n) is 15.4. The molecule has 43 heavy (non-hydrogen) atoms. The van der Waals surface area contributed by atoms with Crippen molar-refractivity contribution >= 4 is 28.2 Å². The summed E-state index contributed by atoms with van der Waals surface area (Å²) in [7, 11) is 2.15. The number of fused-ring (bicyclic) bond motifs is 2. The van der Waals surface area contributed by atoms with E-state index in [1.807, 2.05) is 0 Å². The van der Waals surface area contributed by atoms with E-state index in [2.05, 4.69) is 81.8 Å². The maximum absolute atomic E-state index is 12.1. The van der Waals surface area contributed by atoms with Gasteiger partial charge in [0.1, 0.15) is 12.4 Å². The zero-order valence-electron chi connectivity index (χ0n) is 25.3. The van der Waals surface area contributed by atoms with E-state index < -0.39 is 0 Å². The minimum absolute atomic E-state index is 0.00369. The van der Waals surface area contributed by atoms with Crippen molar-refractivity contribution < 1.29 is 9.53 Å². The molecule has 1 unspecified atom stereocenters. The van der Waals surface area contributed by atoms with Crippen molar-refractivity contribution in [2.24, 2.45) is 5.92 Å². The first-order chi connectivity index (χ1) is 20.9. The largest absolute Gasteiger partial charge is 0.462 e. The second-order valence-corrected chi connectivity index (χ2v) is 12.1. The summed E-state index contributed by atoms with van der Waals surface area (Å²) in [6.07, 6.45) is 5.16. The van der Waals surface area contributed by atoms with Crippen molar-refractivity contribution in [3.05, 3.63) is 77.3 Å². The predicted octanol–water partition coefficient (Wildman–Crippen LogP) is 4.39. The van der Waals surface area contributed by atoms with Gasteiger partial charge in [-0.25, -0.2) is 6.57 Å². The van der Waals surface area contributed by atoms with E-state index in [1.54, 1.807) is 0 Å². The Morgan fingerprint density at radius 2 is 2.00 bits per heavy atom. The highest BCUT2D eigenvalue weighted by Gasteiger charge is 2.35. The summed E-state index contributed by atoms with van der Waals surface area (Å²) in [5, 5.41) is 5.58. The Balaban J connectivity index is 1.32. The van der Waals surface area contributed by atoms with Crippen molar-refractivity contribution in [1.82, 2.24) is 20.2 Å². The van der Waals surface area contributed by atoms with Gasteiger partial charge >= 0.3 is 6.01 Å². The monoisotopic (exact) mass is 579 g/mol. The maximum atomic E-state index is 12.1. The van der Waals surface area contributed by atoms with Crippen LogP contribution in [-0.4, -0.2) is 79.2 Å². The molecule has 1 N–H and O–H groups in total. The fraction of sp³-hybridized carbons (Fsp3) is 0.471. The standard InChI is InChI=1S/C34H41N7O2/c1-5-31(42)36-28-15-18-41(20-25(28)19-35-3)33-27-14-17-40(30-13-7-11-24-10-6-9-23(2)32(24)30)21-29(27)37-34(38-33)43-22-26-12-8-16-39(26)4/h5-7,9-11,13,25-26,28H,1,8,12,14-22H2,2,4H3,(H,36,42)/t25-,26-,28?/m0/s1. The topological polar surface area (TPSA) is 78.2 Å². The number of hydrogen-bond donors (Lipinski definition) is 1. The van der Waals surface area contributed by atoms with Crippen LogP contribution in [0.15, 0.2) is 49.1 Å². The molecule has 9 nitrogen and oxygen atoms in total.